The number of rotatable bonds is 8. The highest BCUT2D eigenvalue weighted by molar-refractivity contribution is 6.17. The molecule has 0 atom stereocenters. The van der Waals surface area contributed by atoms with Crippen LogP contribution in [0.4, 0.5) is 17.1 Å². The molecule has 0 aliphatic heterocycles. The van der Waals surface area contributed by atoms with Crippen molar-refractivity contribution in [3.63, 3.8) is 0 Å². The molecule has 3 nitrogen and oxygen atoms in total. The Labute approximate surface area is 428 Å². The number of anilines is 3. The van der Waals surface area contributed by atoms with Gasteiger partial charge >= 0.3 is 0 Å². The van der Waals surface area contributed by atoms with E-state index in [4.69, 9.17) is 8.83 Å². The van der Waals surface area contributed by atoms with Crippen LogP contribution < -0.4 is 4.90 Å². The van der Waals surface area contributed by atoms with Crippen molar-refractivity contribution in [3.8, 4) is 44.5 Å². The molecule has 0 amide bonds. The standard InChI is InChI=1S/C71H45NO2/c1-3-17-46(18-4-1)47-35-38-51(39-36-47)71(62-30-11-9-26-58(62)59-27-10-12-31-63(59)71)52-23-14-24-53(44-52)72(54-40-42-66-61(45-54)69-57(29-15-33-67(69)73-66)49-19-5-2-6-20-49)64-32-16-34-68-70(64)60-43-50(37-41-65(60)74-68)56-28-13-22-48-21-7-8-25-55(48)56/h1-45H. The Morgan fingerprint density at radius 3 is 1.59 bits per heavy atom. The molecule has 1 aliphatic carbocycles. The summed E-state index contributed by atoms with van der Waals surface area (Å²) in [5, 5.41) is 6.66. The van der Waals surface area contributed by atoms with Gasteiger partial charge in [0.05, 0.1) is 16.5 Å². The van der Waals surface area contributed by atoms with Crippen molar-refractivity contribution in [2.24, 2.45) is 0 Å². The third-order valence-electron chi connectivity index (χ3n) is 15.6. The van der Waals surface area contributed by atoms with E-state index in [1.165, 1.54) is 60.8 Å². The predicted molar refractivity (Wildman–Crippen MR) is 307 cm³/mol. The van der Waals surface area contributed by atoms with Gasteiger partial charge in [-0.05, 0) is 138 Å². The summed E-state index contributed by atoms with van der Waals surface area (Å²) >= 11 is 0. The zero-order valence-corrected chi connectivity index (χ0v) is 40.2. The van der Waals surface area contributed by atoms with Crippen molar-refractivity contribution in [1.82, 2.24) is 0 Å². The highest BCUT2D eigenvalue weighted by Gasteiger charge is 2.46. The van der Waals surface area contributed by atoms with Crippen molar-refractivity contribution in [1.29, 1.82) is 0 Å². The van der Waals surface area contributed by atoms with Gasteiger partial charge in [-0.1, -0.05) is 212 Å². The minimum Gasteiger partial charge on any atom is -0.456 e. The summed E-state index contributed by atoms with van der Waals surface area (Å²) in [5.41, 5.74) is 20.2. The maximum Gasteiger partial charge on any atom is 0.137 e. The zero-order valence-electron chi connectivity index (χ0n) is 40.2. The van der Waals surface area contributed by atoms with Crippen molar-refractivity contribution >= 4 is 71.7 Å². The Balaban J connectivity index is 0.998. The van der Waals surface area contributed by atoms with E-state index in [9.17, 15) is 0 Å². The monoisotopic (exact) mass is 943 g/mol. The average Bonchev–Trinajstić information content (AvgIpc) is 4.15. The van der Waals surface area contributed by atoms with Gasteiger partial charge < -0.3 is 13.7 Å². The molecule has 0 saturated heterocycles. The molecule has 0 saturated carbocycles. The smallest absolute Gasteiger partial charge is 0.137 e. The normalized spacial score (nSPS) is 12.7. The van der Waals surface area contributed by atoms with E-state index < -0.39 is 5.41 Å². The van der Waals surface area contributed by atoms with Crippen LogP contribution in [0.25, 0.3) is 99.2 Å². The second kappa shape index (κ2) is 16.7. The molecule has 74 heavy (non-hydrogen) atoms. The number of benzene rings is 12. The number of fused-ring (bicyclic) bond motifs is 10. The van der Waals surface area contributed by atoms with Crippen molar-refractivity contribution in [2.45, 2.75) is 5.41 Å². The van der Waals surface area contributed by atoms with Crippen LogP contribution in [0.1, 0.15) is 22.3 Å². The van der Waals surface area contributed by atoms with Gasteiger partial charge in [0.1, 0.15) is 22.3 Å². The summed E-state index contributed by atoms with van der Waals surface area (Å²) < 4.78 is 13.5. The fourth-order valence-electron chi connectivity index (χ4n) is 12.3. The molecule has 0 bridgehead atoms. The predicted octanol–water partition coefficient (Wildman–Crippen LogP) is 19.5. The largest absolute Gasteiger partial charge is 0.456 e. The first kappa shape index (κ1) is 42.0. The first-order valence-corrected chi connectivity index (χ1v) is 25.4. The number of nitrogens with zero attached hydrogens (tertiary/aromatic N) is 1. The van der Waals surface area contributed by atoms with Crippen molar-refractivity contribution in [2.75, 3.05) is 4.90 Å². The van der Waals surface area contributed by atoms with Crippen LogP contribution in [0.5, 0.6) is 0 Å². The highest BCUT2D eigenvalue weighted by Crippen LogP contribution is 2.57. The summed E-state index contributed by atoms with van der Waals surface area (Å²) in [6, 6.07) is 99.2. The second-order valence-corrected chi connectivity index (χ2v) is 19.5. The maximum atomic E-state index is 6.83. The lowest BCUT2D eigenvalue weighted by Gasteiger charge is -2.35. The van der Waals surface area contributed by atoms with Crippen LogP contribution in [-0.4, -0.2) is 0 Å². The lowest BCUT2D eigenvalue weighted by molar-refractivity contribution is 0.668. The molecule has 0 radical (unpaired) electrons. The van der Waals surface area contributed by atoms with Crippen LogP contribution in [0.15, 0.2) is 282 Å². The van der Waals surface area contributed by atoms with E-state index in [-0.39, 0.29) is 0 Å². The Morgan fingerprint density at radius 1 is 0.284 bits per heavy atom. The second-order valence-electron chi connectivity index (χ2n) is 19.5. The van der Waals surface area contributed by atoms with Crippen molar-refractivity contribution in [3.05, 3.63) is 295 Å². The van der Waals surface area contributed by atoms with Gasteiger partial charge in [-0.25, -0.2) is 0 Å². The van der Waals surface area contributed by atoms with Crippen LogP contribution in [0, 0.1) is 0 Å². The first-order valence-electron chi connectivity index (χ1n) is 25.4. The van der Waals surface area contributed by atoms with E-state index >= 15 is 0 Å². The maximum absolute atomic E-state index is 6.83. The van der Waals surface area contributed by atoms with Crippen molar-refractivity contribution < 1.29 is 8.83 Å². The fourth-order valence-corrected chi connectivity index (χ4v) is 12.3. The molecule has 346 valence electrons. The third kappa shape index (κ3) is 6.40. The molecule has 0 fully saturated rings. The summed E-state index contributed by atoms with van der Waals surface area (Å²) in [5.74, 6) is 0. The molecule has 12 aromatic carbocycles. The topological polar surface area (TPSA) is 29.5 Å². The number of hydrogen-bond donors (Lipinski definition) is 0. The quantitative estimate of drug-likeness (QED) is 0.152. The van der Waals surface area contributed by atoms with E-state index in [0.717, 1.165) is 77.6 Å². The molecular weight excluding hydrogens is 899 g/mol. The minimum atomic E-state index is -0.638. The van der Waals surface area contributed by atoms with Crippen LogP contribution in [0.3, 0.4) is 0 Å². The highest BCUT2D eigenvalue weighted by atomic mass is 16.3. The van der Waals surface area contributed by atoms with Crippen LogP contribution in [0.2, 0.25) is 0 Å². The lowest BCUT2D eigenvalue weighted by Crippen LogP contribution is -2.29. The fraction of sp³-hybridized carbons (Fsp3) is 0.0141. The van der Waals surface area contributed by atoms with E-state index in [0.29, 0.717) is 0 Å². The zero-order chi connectivity index (χ0) is 48.7. The molecule has 0 spiro atoms. The molecule has 14 aromatic rings. The summed E-state index contributed by atoms with van der Waals surface area (Å²) in [4.78, 5) is 2.44. The Kier molecular flexibility index (Phi) is 9.48. The summed E-state index contributed by atoms with van der Waals surface area (Å²) in [6.07, 6.45) is 0. The Bertz CT molecular complexity index is 4440. The Hall–Kier alpha value is -9.70. The van der Waals surface area contributed by atoms with Gasteiger partial charge in [-0.15, -0.1) is 0 Å². The van der Waals surface area contributed by atoms with Gasteiger partial charge in [0.2, 0.25) is 0 Å². The van der Waals surface area contributed by atoms with E-state index in [1.54, 1.807) is 0 Å². The van der Waals surface area contributed by atoms with Gasteiger partial charge in [0.25, 0.3) is 0 Å². The lowest BCUT2D eigenvalue weighted by atomic mass is 9.67. The Morgan fingerprint density at radius 2 is 0.824 bits per heavy atom. The molecule has 0 N–H and O–H groups in total. The molecule has 15 rings (SSSR count). The summed E-state index contributed by atoms with van der Waals surface area (Å²) in [6.45, 7) is 0. The van der Waals surface area contributed by atoms with E-state index in [2.05, 4.69) is 278 Å². The van der Waals surface area contributed by atoms with Gasteiger partial charge in [-0.3, -0.25) is 0 Å². The summed E-state index contributed by atoms with van der Waals surface area (Å²) in [7, 11) is 0. The van der Waals surface area contributed by atoms with E-state index in [1.807, 2.05) is 0 Å². The number of hydrogen-bond acceptors (Lipinski definition) is 3. The van der Waals surface area contributed by atoms with Gasteiger partial charge in [0.15, 0.2) is 0 Å². The molecular formula is C71H45NO2. The first-order chi connectivity index (χ1) is 36.7. The van der Waals surface area contributed by atoms with Crippen LogP contribution in [-0.2, 0) is 5.41 Å². The minimum absolute atomic E-state index is 0.638. The SMILES string of the molecule is c1ccc(-c2ccc(C3(c4cccc(N(c5ccc6oc7cccc(-c8ccccc8)c7c6c5)c5cccc6oc7ccc(-c8cccc9ccccc89)cc7c56)c4)c4ccccc4-c4ccccc43)cc2)cc1. The molecule has 2 aromatic heterocycles. The number of furan rings is 2. The molecule has 3 heteroatoms. The molecule has 0 unspecified atom stereocenters. The third-order valence-corrected chi connectivity index (χ3v) is 15.6. The van der Waals surface area contributed by atoms with Crippen LogP contribution >= 0.6 is 0 Å². The molecule has 1 aliphatic rings. The van der Waals surface area contributed by atoms with Gasteiger partial charge in [-0.2, -0.15) is 0 Å². The average molecular weight is 944 g/mol. The molecule has 2 heterocycles. The van der Waals surface area contributed by atoms with Gasteiger partial charge in [0, 0.05) is 27.5 Å².